The van der Waals surface area contributed by atoms with E-state index in [4.69, 9.17) is 0 Å². The standard InChI is InChI=1S/C15H28N2O3S/c1-3-21(19,20)17-11-9-13(10-12-17)15(18)16(2)14-7-5-4-6-8-14/h13-14H,3-12H2,1-2H3. The number of sulfonamides is 1. The predicted molar refractivity (Wildman–Crippen MR) is 83.4 cm³/mol. The monoisotopic (exact) mass is 316 g/mol. The normalized spacial score (nSPS) is 23.1. The fraction of sp³-hybridized carbons (Fsp3) is 0.933. The first-order chi connectivity index (χ1) is 9.95. The number of amides is 1. The van der Waals surface area contributed by atoms with E-state index >= 15 is 0 Å². The van der Waals surface area contributed by atoms with Gasteiger partial charge in [-0.15, -0.1) is 0 Å². The van der Waals surface area contributed by atoms with Crippen LogP contribution in [0, 0.1) is 5.92 Å². The molecule has 0 aromatic carbocycles. The highest BCUT2D eigenvalue weighted by Gasteiger charge is 2.33. The lowest BCUT2D eigenvalue weighted by Gasteiger charge is -2.36. The molecule has 0 spiro atoms. The lowest BCUT2D eigenvalue weighted by molar-refractivity contribution is -0.138. The second-order valence-corrected chi connectivity index (χ2v) is 8.57. The number of hydrogen-bond acceptors (Lipinski definition) is 3. The third kappa shape index (κ3) is 3.97. The zero-order valence-corrected chi connectivity index (χ0v) is 14.1. The summed E-state index contributed by atoms with van der Waals surface area (Å²) in [6.07, 6.45) is 7.28. The van der Waals surface area contributed by atoms with Crippen molar-refractivity contribution >= 4 is 15.9 Å². The van der Waals surface area contributed by atoms with Gasteiger partial charge in [0.2, 0.25) is 15.9 Å². The fourth-order valence-electron chi connectivity index (χ4n) is 3.50. The van der Waals surface area contributed by atoms with Gasteiger partial charge in [0.15, 0.2) is 0 Å². The first-order valence-corrected chi connectivity index (χ1v) is 9.81. The molecule has 0 aromatic heterocycles. The number of carbonyl (C=O) groups excluding carboxylic acids is 1. The van der Waals surface area contributed by atoms with Gasteiger partial charge in [-0.2, -0.15) is 0 Å². The van der Waals surface area contributed by atoms with Crippen LogP contribution in [0.4, 0.5) is 0 Å². The molecule has 122 valence electrons. The van der Waals surface area contributed by atoms with E-state index in [9.17, 15) is 13.2 Å². The highest BCUT2D eigenvalue weighted by Crippen LogP contribution is 2.26. The molecule has 0 unspecified atom stereocenters. The van der Waals surface area contributed by atoms with Gasteiger partial charge in [-0.05, 0) is 32.6 Å². The zero-order valence-electron chi connectivity index (χ0n) is 13.3. The maximum absolute atomic E-state index is 12.6. The Morgan fingerprint density at radius 3 is 2.19 bits per heavy atom. The average molecular weight is 316 g/mol. The summed E-state index contributed by atoms with van der Waals surface area (Å²) >= 11 is 0. The molecule has 2 rings (SSSR count). The van der Waals surface area contributed by atoms with Crippen molar-refractivity contribution in [1.29, 1.82) is 0 Å². The molecule has 1 saturated heterocycles. The van der Waals surface area contributed by atoms with Gasteiger partial charge < -0.3 is 4.90 Å². The molecular weight excluding hydrogens is 288 g/mol. The Morgan fingerprint density at radius 1 is 1.10 bits per heavy atom. The summed E-state index contributed by atoms with van der Waals surface area (Å²) in [5.74, 6) is 0.365. The van der Waals surface area contributed by atoms with Crippen molar-refractivity contribution < 1.29 is 13.2 Å². The number of hydrogen-bond donors (Lipinski definition) is 0. The third-order valence-electron chi connectivity index (χ3n) is 5.03. The van der Waals surface area contributed by atoms with Crippen LogP contribution in [-0.2, 0) is 14.8 Å². The number of piperidine rings is 1. The second kappa shape index (κ2) is 7.09. The van der Waals surface area contributed by atoms with Crippen LogP contribution >= 0.6 is 0 Å². The van der Waals surface area contributed by atoms with E-state index in [0.29, 0.717) is 32.0 Å². The van der Waals surface area contributed by atoms with Crippen LogP contribution in [0.15, 0.2) is 0 Å². The van der Waals surface area contributed by atoms with E-state index in [2.05, 4.69) is 0 Å². The number of carbonyl (C=O) groups is 1. The van der Waals surface area contributed by atoms with Crippen LogP contribution in [0.25, 0.3) is 0 Å². The van der Waals surface area contributed by atoms with Crippen molar-refractivity contribution in [3.8, 4) is 0 Å². The third-order valence-corrected chi connectivity index (χ3v) is 6.91. The van der Waals surface area contributed by atoms with E-state index in [1.807, 2.05) is 11.9 Å². The molecule has 5 nitrogen and oxygen atoms in total. The Balaban J connectivity index is 1.88. The van der Waals surface area contributed by atoms with Gasteiger partial charge in [0, 0.05) is 32.1 Å². The molecule has 2 fully saturated rings. The zero-order chi connectivity index (χ0) is 15.5. The van der Waals surface area contributed by atoms with Crippen LogP contribution < -0.4 is 0 Å². The van der Waals surface area contributed by atoms with E-state index in [0.717, 1.165) is 12.8 Å². The van der Waals surface area contributed by atoms with Gasteiger partial charge in [-0.1, -0.05) is 19.3 Å². The molecule has 0 radical (unpaired) electrons. The first kappa shape index (κ1) is 16.7. The Morgan fingerprint density at radius 2 is 1.67 bits per heavy atom. The SMILES string of the molecule is CCS(=O)(=O)N1CCC(C(=O)N(C)C2CCCCC2)CC1. The van der Waals surface area contributed by atoms with Gasteiger partial charge in [0.05, 0.1) is 5.75 Å². The summed E-state index contributed by atoms with van der Waals surface area (Å²) in [6, 6.07) is 0.392. The molecule has 1 aliphatic carbocycles. The molecule has 1 aliphatic heterocycles. The van der Waals surface area contributed by atoms with Gasteiger partial charge in [-0.25, -0.2) is 12.7 Å². The van der Waals surface area contributed by atoms with E-state index in [-0.39, 0.29) is 17.6 Å². The molecule has 1 heterocycles. The first-order valence-electron chi connectivity index (χ1n) is 8.20. The molecule has 1 saturated carbocycles. The summed E-state index contributed by atoms with van der Waals surface area (Å²) < 4.78 is 25.2. The van der Waals surface area contributed by atoms with Crippen LogP contribution in [-0.4, -0.2) is 55.5 Å². The van der Waals surface area contributed by atoms with E-state index in [1.165, 1.54) is 23.6 Å². The van der Waals surface area contributed by atoms with Gasteiger partial charge in [0.25, 0.3) is 0 Å². The highest BCUT2D eigenvalue weighted by atomic mass is 32.2. The largest absolute Gasteiger partial charge is 0.343 e. The van der Waals surface area contributed by atoms with Crippen molar-refractivity contribution in [2.75, 3.05) is 25.9 Å². The van der Waals surface area contributed by atoms with Crippen molar-refractivity contribution in [3.05, 3.63) is 0 Å². The molecule has 0 N–H and O–H groups in total. The van der Waals surface area contributed by atoms with Crippen molar-refractivity contribution in [2.45, 2.75) is 57.9 Å². The number of nitrogens with zero attached hydrogens (tertiary/aromatic N) is 2. The molecule has 21 heavy (non-hydrogen) atoms. The van der Waals surface area contributed by atoms with E-state index < -0.39 is 10.0 Å². The molecule has 2 aliphatic rings. The summed E-state index contributed by atoms with van der Waals surface area (Å²) in [4.78, 5) is 14.5. The molecule has 6 heteroatoms. The summed E-state index contributed by atoms with van der Waals surface area (Å²) in [5, 5.41) is 0. The lowest BCUT2D eigenvalue weighted by Crippen LogP contribution is -2.46. The van der Waals surface area contributed by atoms with Crippen LogP contribution in [0.3, 0.4) is 0 Å². The van der Waals surface area contributed by atoms with Gasteiger partial charge in [0.1, 0.15) is 0 Å². The van der Waals surface area contributed by atoms with Gasteiger partial charge >= 0.3 is 0 Å². The smallest absolute Gasteiger partial charge is 0.225 e. The number of rotatable bonds is 4. The second-order valence-electron chi connectivity index (χ2n) is 6.31. The summed E-state index contributed by atoms with van der Waals surface area (Å²) in [5.41, 5.74) is 0. The Bertz CT molecular complexity index is 450. The predicted octanol–water partition coefficient (Wildman–Crippen LogP) is 1.84. The average Bonchev–Trinajstić information content (AvgIpc) is 2.54. The van der Waals surface area contributed by atoms with Crippen LogP contribution in [0.2, 0.25) is 0 Å². The molecule has 1 amide bonds. The minimum Gasteiger partial charge on any atom is -0.343 e. The molecule has 0 atom stereocenters. The minimum atomic E-state index is -3.10. The lowest BCUT2D eigenvalue weighted by atomic mass is 9.91. The summed E-state index contributed by atoms with van der Waals surface area (Å²) in [7, 11) is -1.18. The summed E-state index contributed by atoms with van der Waals surface area (Å²) in [6.45, 7) is 2.65. The molecular formula is C15H28N2O3S. The maximum Gasteiger partial charge on any atom is 0.225 e. The minimum absolute atomic E-state index is 0.000215. The van der Waals surface area contributed by atoms with Crippen LogP contribution in [0.5, 0.6) is 0 Å². The fourth-order valence-corrected chi connectivity index (χ4v) is 4.63. The molecule has 0 bridgehead atoms. The topological polar surface area (TPSA) is 57.7 Å². The van der Waals surface area contributed by atoms with Crippen molar-refractivity contribution in [1.82, 2.24) is 9.21 Å². The quantitative estimate of drug-likeness (QED) is 0.795. The maximum atomic E-state index is 12.6. The Labute approximate surface area is 128 Å². The highest BCUT2D eigenvalue weighted by molar-refractivity contribution is 7.89. The van der Waals surface area contributed by atoms with Crippen molar-refractivity contribution in [3.63, 3.8) is 0 Å². The van der Waals surface area contributed by atoms with E-state index in [1.54, 1.807) is 6.92 Å². The van der Waals surface area contributed by atoms with Crippen LogP contribution in [0.1, 0.15) is 51.9 Å². The molecule has 0 aromatic rings. The van der Waals surface area contributed by atoms with Gasteiger partial charge in [-0.3, -0.25) is 4.79 Å². The van der Waals surface area contributed by atoms with Crippen molar-refractivity contribution in [2.24, 2.45) is 5.92 Å². The Kier molecular flexibility index (Phi) is 5.66. The Hall–Kier alpha value is -0.620.